The fourth-order valence-electron chi connectivity index (χ4n) is 2.39. The van der Waals surface area contributed by atoms with Crippen LogP contribution in [0.1, 0.15) is 24.4 Å². The minimum absolute atomic E-state index is 0.0140. The van der Waals surface area contributed by atoms with Crippen molar-refractivity contribution in [2.24, 2.45) is 0 Å². The van der Waals surface area contributed by atoms with Gasteiger partial charge in [-0.25, -0.2) is 4.98 Å². The highest BCUT2D eigenvalue weighted by Gasteiger charge is 2.12. The number of fused-ring (bicyclic) bond motifs is 1. The lowest BCUT2D eigenvalue weighted by Gasteiger charge is -2.09. The van der Waals surface area contributed by atoms with Gasteiger partial charge in [0.05, 0.1) is 22.0 Å². The molecule has 2 N–H and O–H groups in total. The maximum absolute atomic E-state index is 12.0. The van der Waals surface area contributed by atoms with Crippen molar-refractivity contribution in [2.45, 2.75) is 13.0 Å². The Morgan fingerprint density at radius 1 is 1.24 bits per heavy atom. The van der Waals surface area contributed by atoms with Crippen LogP contribution in [0.25, 0.3) is 17.1 Å². The van der Waals surface area contributed by atoms with Crippen LogP contribution in [0.4, 0.5) is 5.69 Å². The van der Waals surface area contributed by atoms with Gasteiger partial charge in [-0.2, -0.15) is 0 Å². The summed E-state index contributed by atoms with van der Waals surface area (Å²) in [6, 6.07) is 13.3. The molecule has 0 spiro atoms. The molecule has 25 heavy (non-hydrogen) atoms. The second-order valence-corrected chi connectivity index (χ2v) is 5.55. The smallest absolute Gasteiger partial charge is 0.269 e. The normalized spacial score (nSPS) is 12.4. The van der Waals surface area contributed by atoms with Crippen LogP contribution in [0.3, 0.4) is 0 Å². The largest absolute Gasteiger partial charge is 0.343 e. The number of non-ortho nitro benzene ring substituents is 1. The number of H-pyrrole nitrogens is 1. The van der Waals surface area contributed by atoms with Crippen LogP contribution < -0.4 is 5.32 Å². The number of benzene rings is 2. The number of aromatic amines is 1. The molecule has 7 nitrogen and oxygen atoms in total. The predicted octanol–water partition coefficient (Wildman–Crippen LogP) is 3.36. The summed E-state index contributed by atoms with van der Waals surface area (Å²) in [5, 5.41) is 13.4. The van der Waals surface area contributed by atoms with Gasteiger partial charge in [0.15, 0.2) is 0 Å². The summed E-state index contributed by atoms with van der Waals surface area (Å²) < 4.78 is 0. The molecule has 0 saturated carbocycles. The highest BCUT2D eigenvalue weighted by atomic mass is 16.6. The molecule has 1 aromatic heterocycles. The van der Waals surface area contributed by atoms with Crippen molar-refractivity contribution < 1.29 is 9.72 Å². The van der Waals surface area contributed by atoms with E-state index in [9.17, 15) is 14.9 Å². The van der Waals surface area contributed by atoms with Gasteiger partial charge in [0.2, 0.25) is 5.91 Å². The second-order valence-electron chi connectivity index (χ2n) is 5.55. The minimum atomic E-state index is -0.463. The summed E-state index contributed by atoms with van der Waals surface area (Å²) in [6.45, 7) is 1.84. The Hall–Kier alpha value is -3.48. The average molecular weight is 336 g/mol. The molecule has 0 aliphatic carbocycles. The summed E-state index contributed by atoms with van der Waals surface area (Å²) in [6.07, 6.45) is 2.99. The SMILES string of the molecule is CC(NC(=O)C=Cc1ccc([N+](=O)[O-])cc1)c1nc2ccccc2[nH]1. The number of nitrogens with zero attached hydrogens (tertiary/aromatic N) is 2. The van der Waals surface area contributed by atoms with E-state index in [2.05, 4.69) is 15.3 Å². The molecule has 0 saturated heterocycles. The number of carbonyl (C=O) groups is 1. The lowest BCUT2D eigenvalue weighted by atomic mass is 10.2. The maximum atomic E-state index is 12.0. The third-order valence-corrected chi connectivity index (χ3v) is 3.71. The van der Waals surface area contributed by atoms with Crippen LogP contribution in [0, 0.1) is 10.1 Å². The number of amides is 1. The van der Waals surface area contributed by atoms with E-state index in [4.69, 9.17) is 0 Å². The molecule has 0 fully saturated rings. The number of nitrogens with one attached hydrogen (secondary N) is 2. The average Bonchev–Trinajstić information content (AvgIpc) is 3.04. The first-order valence-electron chi connectivity index (χ1n) is 7.70. The van der Waals surface area contributed by atoms with E-state index in [0.717, 1.165) is 11.0 Å². The molecule has 3 rings (SSSR count). The molecule has 1 unspecified atom stereocenters. The molecule has 1 heterocycles. The van der Waals surface area contributed by atoms with Gasteiger partial charge in [0.25, 0.3) is 5.69 Å². The van der Waals surface area contributed by atoms with Crippen LogP contribution in [-0.4, -0.2) is 20.8 Å². The minimum Gasteiger partial charge on any atom is -0.343 e. The zero-order valence-electron chi connectivity index (χ0n) is 13.5. The van der Waals surface area contributed by atoms with Crippen molar-refractivity contribution in [2.75, 3.05) is 0 Å². The quantitative estimate of drug-likeness (QED) is 0.424. The van der Waals surface area contributed by atoms with Gasteiger partial charge < -0.3 is 10.3 Å². The lowest BCUT2D eigenvalue weighted by molar-refractivity contribution is -0.384. The molecule has 1 atom stereocenters. The van der Waals surface area contributed by atoms with Gasteiger partial charge >= 0.3 is 0 Å². The standard InChI is InChI=1S/C18H16N4O3/c1-12(18-20-15-4-2-3-5-16(15)21-18)19-17(23)11-8-13-6-9-14(10-7-13)22(24)25/h2-12H,1H3,(H,19,23)(H,20,21). The number of imidazole rings is 1. The summed E-state index contributed by atoms with van der Waals surface area (Å²) in [5.41, 5.74) is 2.48. The first kappa shape index (κ1) is 16.4. The van der Waals surface area contributed by atoms with E-state index < -0.39 is 4.92 Å². The number of carbonyl (C=O) groups excluding carboxylic acids is 1. The Labute approximate surface area is 143 Å². The van der Waals surface area contributed by atoms with Crippen LogP contribution in [0.5, 0.6) is 0 Å². The van der Waals surface area contributed by atoms with E-state index >= 15 is 0 Å². The molecule has 126 valence electrons. The molecule has 0 bridgehead atoms. The molecule has 0 radical (unpaired) electrons. The van der Waals surface area contributed by atoms with Crippen LogP contribution in [0.2, 0.25) is 0 Å². The molecule has 0 aliphatic heterocycles. The van der Waals surface area contributed by atoms with E-state index in [1.807, 2.05) is 31.2 Å². The number of hydrogen-bond acceptors (Lipinski definition) is 4. The van der Waals surface area contributed by atoms with E-state index in [-0.39, 0.29) is 17.6 Å². The van der Waals surface area contributed by atoms with Gasteiger partial charge in [0.1, 0.15) is 5.82 Å². The van der Waals surface area contributed by atoms with E-state index in [1.165, 1.54) is 18.2 Å². The molecular weight excluding hydrogens is 320 g/mol. The van der Waals surface area contributed by atoms with Crippen LogP contribution in [0.15, 0.2) is 54.6 Å². The Bertz CT molecular complexity index is 911. The highest BCUT2D eigenvalue weighted by Crippen LogP contribution is 2.16. The first-order valence-corrected chi connectivity index (χ1v) is 7.70. The van der Waals surface area contributed by atoms with Gasteiger partial charge in [-0.1, -0.05) is 12.1 Å². The Balaban J connectivity index is 1.63. The summed E-state index contributed by atoms with van der Waals surface area (Å²) >= 11 is 0. The molecule has 2 aromatic carbocycles. The zero-order chi connectivity index (χ0) is 17.8. The monoisotopic (exact) mass is 336 g/mol. The van der Waals surface area contributed by atoms with Crippen LogP contribution in [-0.2, 0) is 4.79 Å². The molecular formula is C18H16N4O3. The Kier molecular flexibility index (Phi) is 4.56. The third-order valence-electron chi connectivity index (χ3n) is 3.71. The van der Waals surface area contributed by atoms with Crippen LogP contribution >= 0.6 is 0 Å². The summed E-state index contributed by atoms with van der Waals surface area (Å²) in [4.78, 5) is 29.8. The number of rotatable bonds is 5. The summed E-state index contributed by atoms with van der Waals surface area (Å²) in [7, 11) is 0. The van der Waals surface area contributed by atoms with Crippen molar-refractivity contribution in [3.8, 4) is 0 Å². The van der Waals surface area contributed by atoms with Gasteiger partial charge in [-0.3, -0.25) is 14.9 Å². The number of hydrogen-bond donors (Lipinski definition) is 2. The number of para-hydroxylation sites is 2. The topological polar surface area (TPSA) is 101 Å². The number of nitro groups is 1. The van der Waals surface area contributed by atoms with Crippen molar-refractivity contribution in [1.82, 2.24) is 15.3 Å². The molecule has 3 aromatic rings. The van der Waals surface area contributed by atoms with Gasteiger partial charge in [-0.05, 0) is 42.8 Å². The maximum Gasteiger partial charge on any atom is 0.269 e. The molecule has 7 heteroatoms. The van der Waals surface area contributed by atoms with Crippen molar-refractivity contribution in [1.29, 1.82) is 0 Å². The molecule has 0 aliphatic rings. The number of nitro benzene ring substituents is 1. The number of aromatic nitrogens is 2. The Morgan fingerprint density at radius 3 is 2.64 bits per heavy atom. The zero-order valence-corrected chi connectivity index (χ0v) is 13.5. The highest BCUT2D eigenvalue weighted by molar-refractivity contribution is 5.92. The van der Waals surface area contributed by atoms with Gasteiger partial charge in [-0.15, -0.1) is 0 Å². The van der Waals surface area contributed by atoms with Crippen molar-refractivity contribution in [3.63, 3.8) is 0 Å². The fraction of sp³-hybridized carbons (Fsp3) is 0.111. The third kappa shape index (κ3) is 3.89. The fourth-order valence-corrected chi connectivity index (χ4v) is 2.39. The second kappa shape index (κ2) is 6.96. The molecule has 1 amide bonds. The summed E-state index contributed by atoms with van der Waals surface area (Å²) in [5.74, 6) is 0.407. The van der Waals surface area contributed by atoms with Crippen molar-refractivity contribution in [3.05, 3.63) is 76.1 Å². The van der Waals surface area contributed by atoms with E-state index in [1.54, 1.807) is 18.2 Å². The Morgan fingerprint density at radius 2 is 1.96 bits per heavy atom. The van der Waals surface area contributed by atoms with E-state index in [0.29, 0.717) is 11.4 Å². The lowest BCUT2D eigenvalue weighted by Crippen LogP contribution is -2.25. The van der Waals surface area contributed by atoms with Gasteiger partial charge in [0, 0.05) is 18.2 Å². The van der Waals surface area contributed by atoms with Crippen molar-refractivity contribution >= 4 is 28.7 Å². The first-order chi connectivity index (χ1) is 12.0. The predicted molar refractivity (Wildman–Crippen MR) is 94.8 cm³/mol.